The first-order valence-corrected chi connectivity index (χ1v) is 4.29. The summed E-state index contributed by atoms with van der Waals surface area (Å²) in [6.45, 7) is 6.11. The summed E-state index contributed by atoms with van der Waals surface area (Å²) < 4.78 is 0. The maximum atomic E-state index is 5.94. The van der Waals surface area contributed by atoms with Crippen molar-refractivity contribution in [1.29, 1.82) is 0 Å². The van der Waals surface area contributed by atoms with Gasteiger partial charge in [0, 0.05) is 12.6 Å². The van der Waals surface area contributed by atoms with Crippen molar-refractivity contribution in [3.8, 4) is 0 Å². The third kappa shape index (κ3) is 2.43. The number of hydrogen-bond donors (Lipinski definition) is 2. The topological polar surface area (TPSA) is 55.3 Å². The number of nitrogens with two attached hydrogens (primary N) is 2. The largest absolute Gasteiger partial charge is 0.327 e. The minimum absolute atomic E-state index is 0.196. The minimum Gasteiger partial charge on any atom is -0.327 e. The maximum absolute atomic E-state index is 5.94. The van der Waals surface area contributed by atoms with Crippen LogP contribution >= 0.6 is 0 Å². The van der Waals surface area contributed by atoms with E-state index in [4.69, 9.17) is 11.5 Å². The predicted molar refractivity (Wildman–Crippen MR) is 47.0 cm³/mol. The molecule has 0 amide bonds. The Morgan fingerprint density at radius 2 is 2.09 bits per heavy atom. The van der Waals surface area contributed by atoms with E-state index < -0.39 is 0 Å². The summed E-state index contributed by atoms with van der Waals surface area (Å²) in [5, 5.41) is 0. The van der Waals surface area contributed by atoms with Gasteiger partial charge >= 0.3 is 0 Å². The molecule has 3 nitrogen and oxygen atoms in total. The van der Waals surface area contributed by atoms with Crippen LogP contribution in [0.3, 0.4) is 0 Å². The summed E-state index contributed by atoms with van der Waals surface area (Å²) in [4.78, 5) is 2.25. The molecule has 0 aliphatic carbocycles. The molecule has 0 saturated carbocycles. The van der Waals surface area contributed by atoms with Crippen LogP contribution in [0.2, 0.25) is 0 Å². The van der Waals surface area contributed by atoms with Crippen molar-refractivity contribution in [3.63, 3.8) is 0 Å². The maximum Gasteiger partial charge on any atom is 0.0629 e. The van der Waals surface area contributed by atoms with E-state index in [1.807, 2.05) is 13.8 Å². The average molecular weight is 157 g/mol. The van der Waals surface area contributed by atoms with E-state index >= 15 is 0 Å². The molecule has 1 heterocycles. The summed E-state index contributed by atoms with van der Waals surface area (Å²) in [7, 11) is 0. The fourth-order valence-electron chi connectivity index (χ4n) is 1.53. The van der Waals surface area contributed by atoms with E-state index in [1.165, 1.54) is 6.42 Å². The molecule has 66 valence electrons. The van der Waals surface area contributed by atoms with Gasteiger partial charge in [-0.15, -0.1) is 0 Å². The van der Waals surface area contributed by atoms with Gasteiger partial charge in [0.05, 0.1) is 5.66 Å². The summed E-state index contributed by atoms with van der Waals surface area (Å²) >= 11 is 0. The SMILES string of the molecule is CC(C)(N)N1CCC[C@@H](N)C1. The van der Waals surface area contributed by atoms with Crippen LogP contribution in [0.4, 0.5) is 0 Å². The van der Waals surface area contributed by atoms with Crippen LogP contribution in [0.15, 0.2) is 0 Å². The number of hydrogen-bond acceptors (Lipinski definition) is 3. The van der Waals surface area contributed by atoms with Crippen LogP contribution in [-0.4, -0.2) is 29.7 Å². The first-order valence-electron chi connectivity index (χ1n) is 4.29. The second-order valence-corrected chi connectivity index (χ2v) is 4.00. The van der Waals surface area contributed by atoms with Gasteiger partial charge in [-0.1, -0.05) is 0 Å². The number of piperidine rings is 1. The lowest BCUT2D eigenvalue weighted by atomic mass is 10.0. The molecule has 0 bridgehead atoms. The van der Waals surface area contributed by atoms with E-state index in [-0.39, 0.29) is 5.66 Å². The van der Waals surface area contributed by atoms with Crippen molar-refractivity contribution in [3.05, 3.63) is 0 Å². The Bertz CT molecular complexity index is 128. The zero-order valence-corrected chi connectivity index (χ0v) is 7.51. The molecule has 1 aliphatic heterocycles. The normalized spacial score (nSPS) is 28.9. The van der Waals surface area contributed by atoms with Gasteiger partial charge in [0.2, 0.25) is 0 Å². The van der Waals surface area contributed by atoms with Gasteiger partial charge in [0.1, 0.15) is 0 Å². The molecule has 11 heavy (non-hydrogen) atoms. The van der Waals surface area contributed by atoms with Crippen molar-refractivity contribution in [1.82, 2.24) is 4.90 Å². The Morgan fingerprint density at radius 3 is 2.45 bits per heavy atom. The predicted octanol–water partition coefficient (Wildman–Crippen LogP) is 0.104. The van der Waals surface area contributed by atoms with Crippen LogP contribution in [-0.2, 0) is 0 Å². The third-order valence-corrected chi connectivity index (χ3v) is 2.27. The molecule has 0 unspecified atom stereocenters. The zero-order chi connectivity index (χ0) is 8.48. The Balaban J connectivity index is 2.46. The highest BCUT2D eigenvalue weighted by atomic mass is 15.3. The zero-order valence-electron chi connectivity index (χ0n) is 7.51. The van der Waals surface area contributed by atoms with Crippen LogP contribution in [0, 0.1) is 0 Å². The highest BCUT2D eigenvalue weighted by Crippen LogP contribution is 2.15. The lowest BCUT2D eigenvalue weighted by Crippen LogP contribution is -2.57. The molecule has 0 aromatic carbocycles. The molecule has 1 rings (SSSR count). The van der Waals surface area contributed by atoms with E-state index in [9.17, 15) is 0 Å². The van der Waals surface area contributed by atoms with Gasteiger partial charge in [-0.05, 0) is 33.2 Å². The number of rotatable bonds is 1. The fraction of sp³-hybridized carbons (Fsp3) is 1.00. The first kappa shape index (κ1) is 8.97. The molecule has 0 radical (unpaired) electrons. The van der Waals surface area contributed by atoms with Crippen molar-refractivity contribution < 1.29 is 0 Å². The van der Waals surface area contributed by atoms with E-state index in [2.05, 4.69) is 4.90 Å². The summed E-state index contributed by atoms with van der Waals surface area (Å²) in [6.07, 6.45) is 2.33. The summed E-state index contributed by atoms with van der Waals surface area (Å²) in [6, 6.07) is 0.326. The summed E-state index contributed by atoms with van der Waals surface area (Å²) in [5.74, 6) is 0. The second kappa shape index (κ2) is 3.09. The van der Waals surface area contributed by atoms with E-state index in [1.54, 1.807) is 0 Å². The highest BCUT2D eigenvalue weighted by molar-refractivity contribution is 4.82. The number of likely N-dealkylation sites (tertiary alicyclic amines) is 1. The van der Waals surface area contributed by atoms with Crippen LogP contribution in [0.1, 0.15) is 26.7 Å². The van der Waals surface area contributed by atoms with Gasteiger partial charge in [-0.25, -0.2) is 0 Å². The van der Waals surface area contributed by atoms with E-state index in [0.717, 1.165) is 19.5 Å². The van der Waals surface area contributed by atoms with Crippen LogP contribution in [0.25, 0.3) is 0 Å². The summed E-state index contributed by atoms with van der Waals surface area (Å²) in [5.41, 5.74) is 11.6. The average Bonchev–Trinajstić information content (AvgIpc) is 1.86. The molecule has 1 aliphatic rings. The minimum atomic E-state index is -0.196. The lowest BCUT2D eigenvalue weighted by Gasteiger charge is -2.40. The fourth-order valence-corrected chi connectivity index (χ4v) is 1.53. The molecule has 0 aromatic heterocycles. The van der Waals surface area contributed by atoms with Crippen molar-refractivity contribution >= 4 is 0 Å². The first-order chi connectivity index (χ1) is 5.00. The second-order valence-electron chi connectivity index (χ2n) is 4.00. The molecule has 0 aromatic rings. The van der Waals surface area contributed by atoms with Crippen molar-refractivity contribution in [2.75, 3.05) is 13.1 Å². The van der Waals surface area contributed by atoms with E-state index in [0.29, 0.717) is 6.04 Å². The standard InChI is InChI=1S/C8H19N3/c1-8(2,10)11-5-3-4-7(9)6-11/h7H,3-6,9-10H2,1-2H3/t7-/m1/s1. The smallest absolute Gasteiger partial charge is 0.0629 e. The molecule has 4 N–H and O–H groups in total. The lowest BCUT2D eigenvalue weighted by molar-refractivity contribution is 0.0907. The van der Waals surface area contributed by atoms with Crippen LogP contribution < -0.4 is 11.5 Å². The molecule has 3 heteroatoms. The Morgan fingerprint density at radius 1 is 1.45 bits per heavy atom. The van der Waals surface area contributed by atoms with Gasteiger partial charge in [-0.2, -0.15) is 0 Å². The van der Waals surface area contributed by atoms with Gasteiger partial charge in [0.15, 0.2) is 0 Å². The molecule has 1 fully saturated rings. The Kier molecular flexibility index (Phi) is 2.52. The van der Waals surface area contributed by atoms with Gasteiger partial charge in [-0.3, -0.25) is 4.90 Å². The molecule has 1 saturated heterocycles. The van der Waals surface area contributed by atoms with Gasteiger partial charge in [0.25, 0.3) is 0 Å². The monoisotopic (exact) mass is 157 g/mol. The highest BCUT2D eigenvalue weighted by Gasteiger charge is 2.26. The third-order valence-electron chi connectivity index (χ3n) is 2.27. The van der Waals surface area contributed by atoms with Crippen molar-refractivity contribution in [2.24, 2.45) is 11.5 Å². The van der Waals surface area contributed by atoms with Crippen LogP contribution in [0.5, 0.6) is 0 Å². The van der Waals surface area contributed by atoms with Gasteiger partial charge < -0.3 is 11.5 Å². The molecular formula is C8H19N3. The molecular weight excluding hydrogens is 138 g/mol. The molecule has 1 atom stereocenters. The Labute approximate surface area is 68.7 Å². The Hall–Kier alpha value is -0.120. The number of nitrogens with zero attached hydrogens (tertiary/aromatic N) is 1. The molecule has 0 spiro atoms. The quantitative estimate of drug-likeness (QED) is 0.568. The van der Waals surface area contributed by atoms with Crippen molar-refractivity contribution in [2.45, 2.75) is 38.4 Å².